The molecule has 0 radical (unpaired) electrons. The molecule has 1 aliphatic rings. The van der Waals surface area contributed by atoms with Gasteiger partial charge in [0, 0.05) is 18.4 Å². The fraction of sp³-hybridized carbons (Fsp3) is 0.353. The second-order valence-electron chi connectivity index (χ2n) is 5.43. The maximum Gasteiger partial charge on any atom is 0.122 e. The Morgan fingerprint density at radius 1 is 1.25 bits per heavy atom. The van der Waals surface area contributed by atoms with Crippen LogP contribution in [0.5, 0.6) is 5.75 Å². The van der Waals surface area contributed by atoms with Gasteiger partial charge in [0.05, 0.1) is 6.61 Å². The van der Waals surface area contributed by atoms with Gasteiger partial charge < -0.3 is 10.5 Å². The number of aromatic nitrogens is 1. The minimum absolute atomic E-state index is 0.162. The second-order valence-corrected chi connectivity index (χ2v) is 5.43. The molecule has 0 fully saturated rings. The van der Waals surface area contributed by atoms with Gasteiger partial charge in [0.1, 0.15) is 5.75 Å². The third-order valence-electron chi connectivity index (χ3n) is 3.89. The molecule has 1 aromatic heterocycles. The van der Waals surface area contributed by atoms with Gasteiger partial charge in [-0.15, -0.1) is 0 Å². The summed E-state index contributed by atoms with van der Waals surface area (Å²) in [5, 5.41) is 0. The van der Waals surface area contributed by atoms with E-state index in [2.05, 4.69) is 23.2 Å². The number of nitrogens with two attached hydrogens (primary N) is 1. The van der Waals surface area contributed by atoms with Gasteiger partial charge in [-0.1, -0.05) is 24.3 Å². The van der Waals surface area contributed by atoms with Gasteiger partial charge in [-0.2, -0.15) is 0 Å². The van der Waals surface area contributed by atoms with Gasteiger partial charge in [-0.05, 0) is 48.4 Å². The van der Waals surface area contributed by atoms with Crippen molar-refractivity contribution in [2.75, 3.05) is 6.61 Å². The number of rotatable bonds is 4. The Kier molecular flexibility index (Phi) is 3.97. The summed E-state index contributed by atoms with van der Waals surface area (Å²) in [5.74, 6) is 1.53. The topological polar surface area (TPSA) is 48.1 Å². The van der Waals surface area contributed by atoms with Crippen LogP contribution in [0.1, 0.15) is 29.9 Å². The number of fused-ring (bicyclic) bond motifs is 1. The van der Waals surface area contributed by atoms with Gasteiger partial charge >= 0.3 is 0 Å². The lowest BCUT2D eigenvalue weighted by Crippen LogP contribution is -2.27. The standard InChI is InChI=1S/C17H20N2O/c18-15(10-13-4-3-8-19-12-13)11-14-7-9-20-17-6-2-1-5-16(14)17/h1-6,8,12,14-15H,7,9-11,18H2. The molecule has 3 nitrogen and oxygen atoms in total. The van der Waals surface area contributed by atoms with Gasteiger partial charge in [0.15, 0.2) is 0 Å². The first-order valence-electron chi connectivity index (χ1n) is 7.19. The average molecular weight is 268 g/mol. The van der Waals surface area contributed by atoms with E-state index >= 15 is 0 Å². The molecule has 0 bridgehead atoms. The van der Waals surface area contributed by atoms with Crippen molar-refractivity contribution in [1.82, 2.24) is 4.98 Å². The normalized spacial score (nSPS) is 18.9. The van der Waals surface area contributed by atoms with Crippen LogP contribution in [0.15, 0.2) is 48.8 Å². The predicted octanol–water partition coefficient (Wildman–Crippen LogP) is 2.91. The molecular formula is C17H20N2O. The lowest BCUT2D eigenvalue weighted by atomic mass is 9.86. The van der Waals surface area contributed by atoms with E-state index in [4.69, 9.17) is 10.5 Å². The number of hydrogen-bond donors (Lipinski definition) is 1. The van der Waals surface area contributed by atoms with Crippen molar-refractivity contribution in [2.45, 2.75) is 31.2 Å². The van der Waals surface area contributed by atoms with Crippen LogP contribution >= 0.6 is 0 Å². The molecule has 2 N–H and O–H groups in total. The average Bonchev–Trinajstić information content (AvgIpc) is 2.48. The van der Waals surface area contributed by atoms with Crippen LogP contribution in [-0.4, -0.2) is 17.6 Å². The summed E-state index contributed by atoms with van der Waals surface area (Å²) >= 11 is 0. The Labute approximate surface area is 119 Å². The van der Waals surface area contributed by atoms with Crippen molar-refractivity contribution in [3.8, 4) is 5.75 Å². The minimum Gasteiger partial charge on any atom is -0.493 e. The molecule has 0 saturated heterocycles. The zero-order valence-corrected chi connectivity index (χ0v) is 11.5. The smallest absolute Gasteiger partial charge is 0.122 e. The largest absolute Gasteiger partial charge is 0.493 e. The molecule has 104 valence electrons. The maximum absolute atomic E-state index is 6.33. The highest BCUT2D eigenvalue weighted by Crippen LogP contribution is 2.36. The van der Waals surface area contributed by atoms with Crippen LogP contribution in [0.2, 0.25) is 0 Å². The van der Waals surface area contributed by atoms with Crippen molar-refractivity contribution in [3.63, 3.8) is 0 Å². The van der Waals surface area contributed by atoms with Crippen molar-refractivity contribution in [2.24, 2.45) is 5.73 Å². The minimum atomic E-state index is 0.162. The Bertz CT molecular complexity index is 556. The summed E-state index contributed by atoms with van der Waals surface area (Å²) in [6, 6.07) is 12.5. The molecule has 2 unspecified atom stereocenters. The molecule has 20 heavy (non-hydrogen) atoms. The maximum atomic E-state index is 6.33. The van der Waals surface area contributed by atoms with E-state index in [1.54, 1.807) is 6.20 Å². The van der Waals surface area contributed by atoms with Crippen LogP contribution in [-0.2, 0) is 6.42 Å². The van der Waals surface area contributed by atoms with E-state index in [1.165, 1.54) is 11.1 Å². The van der Waals surface area contributed by atoms with E-state index < -0.39 is 0 Å². The molecule has 1 aliphatic heterocycles. The molecule has 2 aromatic rings. The molecular weight excluding hydrogens is 248 g/mol. The SMILES string of the molecule is NC(Cc1cccnc1)CC1CCOc2ccccc21. The van der Waals surface area contributed by atoms with E-state index in [9.17, 15) is 0 Å². The van der Waals surface area contributed by atoms with Crippen LogP contribution in [0.3, 0.4) is 0 Å². The first-order valence-corrected chi connectivity index (χ1v) is 7.19. The number of nitrogens with zero attached hydrogens (tertiary/aromatic N) is 1. The van der Waals surface area contributed by atoms with Crippen molar-refractivity contribution >= 4 is 0 Å². The lowest BCUT2D eigenvalue weighted by molar-refractivity contribution is 0.259. The zero-order valence-electron chi connectivity index (χ0n) is 11.5. The predicted molar refractivity (Wildman–Crippen MR) is 79.8 cm³/mol. The number of pyridine rings is 1. The Balaban J connectivity index is 1.66. The van der Waals surface area contributed by atoms with E-state index in [0.717, 1.165) is 31.6 Å². The molecule has 0 saturated carbocycles. The summed E-state index contributed by atoms with van der Waals surface area (Å²) in [4.78, 5) is 4.14. The van der Waals surface area contributed by atoms with Crippen LogP contribution in [0, 0.1) is 0 Å². The zero-order chi connectivity index (χ0) is 13.8. The second kappa shape index (κ2) is 6.06. The Hall–Kier alpha value is -1.87. The van der Waals surface area contributed by atoms with Gasteiger partial charge in [-0.3, -0.25) is 4.98 Å². The molecule has 2 atom stereocenters. The highest BCUT2D eigenvalue weighted by Gasteiger charge is 2.23. The third kappa shape index (κ3) is 2.99. The van der Waals surface area contributed by atoms with Crippen LogP contribution in [0.25, 0.3) is 0 Å². The summed E-state index contributed by atoms with van der Waals surface area (Å²) in [7, 11) is 0. The number of para-hydroxylation sites is 1. The van der Waals surface area contributed by atoms with Crippen LogP contribution < -0.4 is 10.5 Å². The molecule has 3 heteroatoms. The summed E-state index contributed by atoms with van der Waals surface area (Å²) in [5.41, 5.74) is 8.84. The highest BCUT2D eigenvalue weighted by molar-refractivity contribution is 5.37. The monoisotopic (exact) mass is 268 g/mol. The molecule has 0 spiro atoms. The summed E-state index contributed by atoms with van der Waals surface area (Å²) in [6.45, 7) is 0.793. The summed E-state index contributed by atoms with van der Waals surface area (Å²) in [6.07, 6.45) is 6.63. The highest BCUT2D eigenvalue weighted by atomic mass is 16.5. The molecule has 2 heterocycles. The lowest BCUT2D eigenvalue weighted by Gasteiger charge is -2.27. The fourth-order valence-electron chi connectivity index (χ4n) is 2.93. The quantitative estimate of drug-likeness (QED) is 0.927. The van der Waals surface area contributed by atoms with Crippen molar-refractivity contribution < 1.29 is 4.74 Å². The van der Waals surface area contributed by atoms with Crippen LogP contribution in [0.4, 0.5) is 0 Å². The Morgan fingerprint density at radius 2 is 2.15 bits per heavy atom. The van der Waals surface area contributed by atoms with Crippen molar-refractivity contribution in [1.29, 1.82) is 0 Å². The molecule has 0 aliphatic carbocycles. The Morgan fingerprint density at radius 3 is 3.00 bits per heavy atom. The van der Waals surface area contributed by atoms with E-state index in [-0.39, 0.29) is 6.04 Å². The first-order chi connectivity index (χ1) is 9.83. The van der Waals surface area contributed by atoms with E-state index in [0.29, 0.717) is 5.92 Å². The van der Waals surface area contributed by atoms with Crippen molar-refractivity contribution in [3.05, 3.63) is 59.9 Å². The van der Waals surface area contributed by atoms with Gasteiger partial charge in [0.25, 0.3) is 0 Å². The van der Waals surface area contributed by atoms with Gasteiger partial charge in [0.2, 0.25) is 0 Å². The number of ether oxygens (including phenoxy) is 1. The number of hydrogen-bond acceptors (Lipinski definition) is 3. The molecule has 3 rings (SSSR count). The fourth-order valence-corrected chi connectivity index (χ4v) is 2.93. The first kappa shape index (κ1) is 13.1. The van der Waals surface area contributed by atoms with Gasteiger partial charge in [-0.25, -0.2) is 0 Å². The number of benzene rings is 1. The summed E-state index contributed by atoms with van der Waals surface area (Å²) < 4.78 is 5.70. The molecule has 1 aromatic carbocycles. The van der Waals surface area contributed by atoms with E-state index in [1.807, 2.05) is 24.4 Å². The third-order valence-corrected chi connectivity index (χ3v) is 3.89. The molecule has 0 amide bonds.